The quantitative estimate of drug-likeness (QED) is 0.211. The van der Waals surface area contributed by atoms with Gasteiger partial charge in [0, 0.05) is 31.6 Å². The SMILES string of the molecule is COc1cccc(C(=O)O[C@@H]2C3C[C@H](OC(C)=O)C(C)=C([C@H]4OC(C)(C)O[C@@H]4[C@@]4(C)C2[C@]2(OC(=O)C5CC5)CO[C@@H]2C[C@@H]4OC(C)=O)C3(C)C)c1. The summed E-state index contributed by atoms with van der Waals surface area (Å²) >= 11 is 0. The summed E-state index contributed by atoms with van der Waals surface area (Å²) in [5.41, 5.74) is -1.15. The van der Waals surface area contributed by atoms with Gasteiger partial charge in [0.25, 0.3) is 0 Å². The summed E-state index contributed by atoms with van der Waals surface area (Å²) in [7, 11) is 1.52. The lowest BCUT2D eigenvalue weighted by Crippen LogP contribution is -2.80. The van der Waals surface area contributed by atoms with Gasteiger partial charge < -0.3 is 37.9 Å². The van der Waals surface area contributed by atoms with Gasteiger partial charge in [0.2, 0.25) is 0 Å². The van der Waals surface area contributed by atoms with Crippen LogP contribution in [0.25, 0.3) is 0 Å². The first-order chi connectivity index (χ1) is 23.9. The fourth-order valence-corrected chi connectivity index (χ4v) is 10.0. The number of methoxy groups -OCH3 is 1. The third-order valence-corrected chi connectivity index (χ3v) is 12.5. The maximum absolute atomic E-state index is 14.4. The Kier molecular flexibility index (Phi) is 8.66. The Balaban J connectivity index is 1.50. The van der Waals surface area contributed by atoms with Crippen molar-refractivity contribution >= 4 is 23.9 Å². The molecular weight excluding hydrogens is 660 g/mol. The third kappa shape index (κ3) is 5.76. The number of esters is 4. The Morgan fingerprint density at radius 3 is 2.22 bits per heavy atom. The van der Waals surface area contributed by atoms with E-state index < -0.39 is 88.6 Å². The average molecular weight is 711 g/mol. The molecule has 0 radical (unpaired) electrons. The Labute approximate surface area is 298 Å². The second-order valence-corrected chi connectivity index (χ2v) is 16.5. The molecule has 2 aliphatic heterocycles. The van der Waals surface area contributed by atoms with Crippen LogP contribution in [0.5, 0.6) is 5.75 Å². The van der Waals surface area contributed by atoms with Gasteiger partial charge >= 0.3 is 23.9 Å². The van der Waals surface area contributed by atoms with E-state index in [2.05, 4.69) is 13.8 Å². The highest BCUT2D eigenvalue weighted by atomic mass is 16.8. The Hall–Kier alpha value is -3.48. The molecule has 2 heterocycles. The maximum Gasteiger partial charge on any atom is 0.338 e. The van der Waals surface area contributed by atoms with E-state index in [1.54, 1.807) is 24.3 Å². The first kappa shape index (κ1) is 35.9. The zero-order chi connectivity index (χ0) is 36.8. The highest BCUT2D eigenvalue weighted by Crippen LogP contribution is 2.67. The molecule has 0 aromatic heterocycles. The van der Waals surface area contributed by atoms with E-state index in [0.29, 0.717) is 12.2 Å². The van der Waals surface area contributed by atoms with Crippen molar-refractivity contribution in [1.82, 2.24) is 0 Å². The molecule has 6 aliphatic rings. The Morgan fingerprint density at radius 1 is 0.902 bits per heavy atom. The van der Waals surface area contributed by atoms with E-state index in [-0.39, 0.29) is 30.5 Å². The van der Waals surface area contributed by atoms with E-state index >= 15 is 0 Å². The van der Waals surface area contributed by atoms with Crippen LogP contribution in [0.1, 0.15) is 91.4 Å². The lowest BCUT2D eigenvalue weighted by atomic mass is 9.45. The molecule has 0 spiro atoms. The van der Waals surface area contributed by atoms with E-state index in [1.165, 1.54) is 21.0 Å². The average Bonchev–Trinajstić information content (AvgIpc) is 3.84. The summed E-state index contributed by atoms with van der Waals surface area (Å²) in [5, 5.41) is 0. The van der Waals surface area contributed by atoms with E-state index in [9.17, 15) is 19.2 Å². The molecule has 3 saturated carbocycles. The monoisotopic (exact) mass is 710 g/mol. The van der Waals surface area contributed by atoms with Gasteiger partial charge in [0.1, 0.15) is 42.4 Å². The van der Waals surface area contributed by atoms with Gasteiger partial charge in [-0.15, -0.1) is 0 Å². The predicted octanol–water partition coefficient (Wildman–Crippen LogP) is 5.10. The first-order valence-electron chi connectivity index (χ1n) is 18.0. The lowest BCUT2D eigenvalue weighted by molar-refractivity contribution is -0.354. The number of carbonyl (C=O) groups is 4. The van der Waals surface area contributed by atoms with Crippen LogP contribution in [-0.4, -0.2) is 85.6 Å². The third-order valence-electron chi connectivity index (χ3n) is 12.5. The number of rotatable bonds is 7. The fraction of sp³-hybridized carbons (Fsp3) is 0.692. The van der Waals surface area contributed by atoms with Crippen LogP contribution >= 0.6 is 0 Å². The van der Waals surface area contributed by atoms with Crippen LogP contribution in [0.2, 0.25) is 0 Å². The summed E-state index contributed by atoms with van der Waals surface area (Å²) in [5.74, 6) is -4.00. The number of ether oxygens (including phenoxy) is 8. The van der Waals surface area contributed by atoms with Gasteiger partial charge in [-0.3, -0.25) is 14.4 Å². The second-order valence-electron chi connectivity index (χ2n) is 16.5. The molecule has 2 saturated heterocycles. The van der Waals surface area contributed by atoms with Gasteiger partial charge in [-0.2, -0.15) is 0 Å². The highest BCUT2D eigenvalue weighted by Gasteiger charge is 2.78. The zero-order valence-electron chi connectivity index (χ0n) is 30.9. The molecule has 12 heteroatoms. The number of hydrogen-bond acceptors (Lipinski definition) is 12. The molecule has 1 aromatic carbocycles. The largest absolute Gasteiger partial charge is 0.497 e. The van der Waals surface area contributed by atoms with Crippen LogP contribution in [-0.2, 0) is 47.5 Å². The van der Waals surface area contributed by atoms with E-state index in [4.69, 9.17) is 37.9 Å². The van der Waals surface area contributed by atoms with Crippen molar-refractivity contribution in [2.75, 3.05) is 13.7 Å². The molecule has 2 unspecified atom stereocenters. The van der Waals surface area contributed by atoms with Gasteiger partial charge in [-0.25, -0.2) is 4.79 Å². The highest BCUT2D eigenvalue weighted by molar-refractivity contribution is 5.90. The van der Waals surface area contributed by atoms with Crippen molar-refractivity contribution in [1.29, 1.82) is 0 Å². The fourth-order valence-electron chi connectivity index (χ4n) is 10.0. The molecular formula is C39H50O12. The topological polar surface area (TPSA) is 142 Å². The van der Waals surface area contributed by atoms with Crippen LogP contribution in [0.3, 0.4) is 0 Å². The molecule has 51 heavy (non-hydrogen) atoms. The number of carbonyl (C=O) groups excluding carboxylic acids is 4. The van der Waals surface area contributed by atoms with Crippen molar-refractivity contribution in [3.8, 4) is 5.75 Å². The minimum absolute atomic E-state index is 0.0558. The standard InChI is InChI=1S/C39H50O12/c1-19-26(46-20(2)40)16-25-30(48-34(42)23-11-10-12-24(15-23)44-9)32-38(8,33-31(29(19)36(25,4)5)49-37(6,7)50-33)27(47-21(3)41)17-28-39(32,18-45-28)51-35(43)22-13-14-22/h10-12,15,22,25-28,30-33H,13-14,16-18H2,1-9H3/t25?,26-,27-,28+,30+,31+,32?,33-,38+,39-/m0/s1. The second kappa shape index (κ2) is 12.3. The summed E-state index contributed by atoms with van der Waals surface area (Å²) in [6.45, 7) is 14.6. The molecule has 4 aliphatic carbocycles. The number of fused-ring (bicyclic) bond motifs is 8. The summed E-state index contributed by atoms with van der Waals surface area (Å²) in [6, 6.07) is 6.72. The minimum Gasteiger partial charge on any atom is -0.497 e. The van der Waals surface area contributed by atoms with Gasteiger partial charge in [0.05, 0.1) is 31.1 Å². The molecule has 7 rings (SSSR count). The first-order valence-corrected chi connectivity index (χ1v) is 18.0. The number of benzene rings is 1. The van der Waals surface area contributed by atoms with Crippen molar-refractivity contribution < 1.29 is 57.1 Å². The molecule has 0 amide bonds. The van der Waals surface area contributed by atoms with Crippen LogP contribution < -0.4 is 4.74 Å². The molecule has 2 bridgehead atoms. The molecule has 10 atom stereocenters. The minimum atomic E-state index is -1.26. The summed E-state index contributed by atoms with van der Waals surface area (Å²) in [6.07, 6.45) is -2.53. The Morgan fingerprint density at radius 2 is 1.61 bits per heavy atom. The molecule has 0 N–H and O–H groups in total. The predicted molar refractivity (Wildman–Crippen MR) is 179 cm³/mol. The van der Waals surface area contributed by atoms with Crippen molar-refractivity contribution in [2.24, 2.45) is 28.6 Å². The summed E-state index contributed by atoms with van der Waals surface area (Å²) in [4.78, 5) is 53.7. The number of hydrogen-bond donors (Lipinski definition) is 0. The smallest absolute Gasteiger partial charge is 0.338 e. The van der Waals surface area contributed by atoms with Gasteiger partial charge in [-0.05, 0) is 74.8 Å². The summed E-state index contributed by atoms with van der Waals surface area (Å²) < 4.78 is 51.0. The van der Waals surface area contributed by atoms with Crippen LogP contribution in [0, 0.1) is 28.6 Å². The van der Waals surface area contributed by atoms with Crippen LogP contribution in [0.4, 0.5) is 0 Å². The lowest BCUT2D eigenvalue weighted by Gasteiger charge is -2.67. The van der Waals surface area contributed by atoms with Gasteiger partial charge in [-0.1, -0.05) is 26.8 Å². The zero-order valence-corrected chi connectivity index (χ0v) is 30.9. The molecule has 1 aromatic rings. The maximum atomic E-state index is 14.4. The van der Waals surface area contributed by atoms with Gasteiger partial charge in [0.15, 0.2) is 11.4 Å². The van der Waals surface area contributed by atoms with E-state index in [1.807, 2.05) is 27.7 Å². The normalized spacial score (nSPS) is 38.7. The van der Waals surface area contributed by atoms with Crippen LogP contribution in [0.15, 0.2) is 35.4 Å². The van der Waals surface area contributed by atoms with Crippen molar-refractivity contribution in [3.63, 3.8) is 0 Å². The molecule has 12 nitrogen and oxygen atoms in total. The molecule has 278 valence electrons. The van der Waals surface area contributed by atoms with Crippen molar-refractivity contribution in [2.45, 2.75) is 129 Å². The molecule has 5 fully saturated rings. The Bertz CT molecular complexity index is 1660. The van der Waals surface area contributed by atoms with E-state index in [0.717, 1.165) is 24.0 Å². The van der Waals surface area contributed by atoms with Crippen molar-refractivity contribution in [3.05, 3.63) is 41.0 Å².